The molecule has 1 aliphatic rings. The summed E-state index contributed by atoms with van der Waals surface area (Å²) in [6.45, 7) is 0. The van der Waals surface area contributed by atoms with Crippen molar-refractivity contribution in [2.75, 3.05) is 0 Å². The Labute approximate surface area is 105 Å². The van der Waals surface area contributed by atoms with Gasteiger partial charge >= 0.3 is 0 Å². The Hall–Kier alpha value is -2.35. The second-order valence-electron chi connectivity index (χ2n) is 4.34. The van der Waals surface area contributed by atoms with Gasteiger partial charge in [-0.05, 0) is 11.1 Å². The van der Waals surface area contributed by atoms with Crippen LogP contribution in [0.15, 0.2) is 66.4 Å². The van der Waals surface area contributed by atoms with Crippen molar-refractivity contribution >= 4 is 5.78 Å². The van der Waals surface area contributed by atoms with Gasteiger partial charge in [0.25, 0.3) is 0 Å². The normalized spacial score (nSPS) is 20.1. The van der Waals surface area contributed by atoms with Gasteiger partial charge in [0, 0.05) is 17.1 Å². The Bertz CT molecular complexity index is 627. The average molecular weight is 236 g/mol. The van der Waals surface area contributed by atoms with Gasteiger partial charge < -0.3 is 5.11 Å². The highest BCUT2D eigenvalue weighted by Crippen LogP contribution is 2.41. The van der Waals surface area contributed by atoms with Crippen LogP contribution in [0, 0.1) is 0 Å². The zero-order chi connectivity index (χ0) is 12.5. The number of Topliss-reactive ketones (excluding diaryl/α,β-unsaturated/α-hetero) is 1. The highest BCUT2D eigenvalue weighted by Gasteiger charge is 2.35. The fourth-order valence-corrected chi connectivity index (χ4v) is 2.55. The van der Waals surface area contributed by atoms with Crippen molar-refractivity contribution in [3.8, 4) is 0 Å². The molecule has 1 N–H and O–H groups in total. The van der Waals surface area contributed by atoms with E-state index in [1.54, 1.807) is 0 Å². The van der Waals surface area contributed by atoms with Crippen LogP contribution < -0.4 is 0 Å². The van der Waals surface area contributed by atoms with Gasteiger partial charge in [0.05, 0.1) is 6.26 Å². The molecule has 2 heteroatoms. The van der Waals surface area contributed by atoms with E-state index in [9.17, 15) is 9.90 Å². The smallest absolute Gasteiger partial charge is 0.193 e. The molecule has 0 fully saturated rings. The molecule has 0 aliphatic heterocycles. The van der Waals surface area contributed by atoms with Crippen LogP contribution in [0.1, 0.15) is 27.4 Å². The molecule has 18 heavy (non-hydrogen) atoms. The second kappa shape index (κ2) is 4.15. The number of benzene rings is 2. The average Bonchev–Trinajstić information content (AvgIpc) is 2.73. The quantitative estimate of drug-likeness (QED) is 0.608. The van der Waals surface area contributed by atoms with Crippen LogP contribution in [0.3, 0.4) is 0 Å². The van der Waals surface area contributed by atoms with Crippen LogP contribution in [0.4, 0.5) is 0 Å². The molecular weight excluding hydrogens is 224 g/mol. The highest BCUT2D eigenvalue weighted by atomic mass is 16.2. The lowest BCUT2D eigenvalue weighted by molar-refractivity contribution is 0.103. The zero-order valence-electron chi connectivity index (χ0n) is 9.71. The van der Waals surface area contributed by atoms with E-state index in [1.165, 1.54) is 0 Å². The van der Waals surface area contributed by atoms with Gasteiger partial charge in [-0.3, -0.25) is 4.79 Å². The molecule has 3 rings (SSSR count). The molecule has 1 atom stereocenters. The lowest BCUT2D eigenvalue weighted by Gasteiger charge is -2.12. The lowest BCUT2D eigenvalue weighted by atomic mass is 9.90. The molecule has 0 spiro atoms. The first kappa shape index (κ1) is 10.8. The zero-order valence-corrected chi connectivity index (χ0v) is 9.71. The van der Waals surface area contributed by atoms with Crippen LogP contribution >= 0.6 is 0 Å². The molecule has 0 heterocycles. The van der Waals surface area contributed by atoms with E-state index in [4.69, 9.17) is 0 Å². The van der Waals surface area contributed by atoms with Gasteiger partial charge in [-0.1, -0.05) is 54.6 Å². The van der Waals surface area contributed by atoms with Crippen molar-refractivity contribution in [2.24, 2.45) is 0 Å². The third kappa shape index (κ3) is 1.46. The molecule has 2 nitrogen and oxygen atoms in total. The Morgan fingerprint density at radius 3 is 2.33 bits per heavy atom. The van der Waals surface area contributed by atoms with E-state index in [-0.39, 0.29) is 11.7 Å². The standard InChI is InChI=1S/C16H12O2/c17-10-14-15(11-6-2-1-3-7-11)12-8-4-5-9-13(12)16(14)18/h1-10,15,17H/b14-10-/t15-/m1/s1. The van der Waals surface area contributed by atoms with Crippen molar-refractivity contribution < 1.29 is 9.90 Å². The summed E-state index contributed by atoms with van der Waals surface area (Å²) in [7, 11) is 0. The Balaban J connectivity index is 2.22. The molecule has 0 saturated heterocycles. The number of ketones is 1. The second-order valence-corrected chi connectivity index (χ2v) is 4.34. The molecule has 0 radical (unpaired) electrons. The summed E-state index contributed by atoms with van der Waals surface area (Å²) in [6.07, 6.45) is 0.944. The number of hydrogen-bond donors (Lipinski definition) is 1. The van der Waals surface area contributed by atoms with Gasteiger partial charge in [-0.2, -0.15) is 0 Å². The van der Waals surface area contributed by atoms with Gasteiger partial charge in [0.1, 0.15) is 0 Å². The predicted molar refractivity (Wildman–Crippen MR) is 69.8 cm³/mol. The largest absolute Gasteiger partial charge is 0.515 e. The molecule has 0 saturated carbocycles. The van der Waals surface area contributed by atoms with E-state index in [0.29, 0.717) is 11.1 Å². The third-order valence-electron chi connectivity index (χ3n) is 3.36. The first-order valence-electron chi connectivity index (χ1n) is 5.86. The Kier molecular flexibility index (Phi) is 2.49. The van der Waals surface area contributed by atoms with Crippen molar-refractivity contribution in [1.82, 2.24) is 0 Å². The van der Waals surface area contributed by atoms with Gasteiger partial charge in [-0.15, -0.1) is 0 Å². The molecule has 0 amide bonds. The molecule has 0 bridgehead atoms. The van der Waals surface area contributed by atoms with Crippen LogP contribution in [-0.2, 0) is 0 Å². The Morgan fingerprint density at radius 1 is 0.944 bits per heavy atom. The number of aliphatic hydroxyl groups excluding tert-OH is 1. The molecule has 0 aromatic heterocycles. The number of fused-ring (bicyclic) bond motifs is 1. The highest BCUT2D eigenvalue weighted by molar-refractivity contribution is 6.14. The molecular formula is C16H12O2. The number of hydrogen-bond acceptors (Lipinski definition) is 2. The van der Waals surface area contributed by atoms with Crippen LogP contribution in [-0.4, -0.2) is 10.9 Å². The molecule has 2 aromatic rings. The van der Waals surface area contributed by atoms with Crippen molar-refractivity contribution in [1.29, 1.82) is 0 Å². The van der Waals surface area contributed by atoms with Crippen molar-refractivity contribution in [3.63, 3.8) is 0 Å². The topological polar surface area (TPSA) is 37.3 Å². The molecule has 1 aliphatic carbocycles. The van der Waals surface area contributed by atoms with E-state index >= 15 is 0 Å². The number of allylic oxidation sites excluding steroid dienone is 1. The summed E-state index contributed by atoms with van der Waals surface area (Å²) in [6, 6.07) is 17.3. The van der Waals surface area contributed by atoms with E-state index < -0.39 is 0 Å². The number of aliphatic hydroxyl groups is 1. The molecule has 0 unspecified atom stereocenters. The lowest BCUT2D eigenvalue weighted by Crippen LogP contribution is -2.02. The Morgan fingerprint density at radius 2 is 1.61 bits per heavy atom. The first-order chi connectivity index (χ1) is 8.83. The summed E-state index contributed by atoms with van der Waals surface area (Å²) in [5.41, 5.74) is 3.12. The van der Waals surface area contributed by atoms with Gasteiger partial charge in [0.2, 0.25) is 0 Å². The number of carbonyl (C=O) groups excluding carboxylic acids is 1. The van der Waals surface area contributed by atoms with E-state index in [0.717, 1.165) is 17.4 Å². The minimum Gasteiger partial charge on any atom is -0.515 e. The summed E-state index contributed by atoms with van der Waals surface area (Å²) < 4.78 is 0. The summed E-state index contributed by atoms with van der Waals surface area (Å²) in [5.74, 6) is -0.234. The number of carbonyl (C=O) groups is 1. The van der Waals surface area contributed by atoms with E-state index in [1.807, 2.05) is 54.6 Å². The number of rotatable bonds is 1. The third-order valence-corrected chi connectivity index (χ3v) is 3.36. The SMILES string of the molecule is O=C1/C(=C\O)[C@H](c2ccccc2)c2ccccc21. The van der Waals surface area contributed by atoms with Crippen LogP contribution in [0.2, 0.25) is 0 Å². The first-order valence-corrected chi connectivity index (χ1v) is 5.86. The minimum atomic E-state index is -0.153. The maximum Gasteiger partial charge on any atom is 0.193 e. The van der Waals surface area contributed by atoms with Gasteiger partial charge in [-0.25, -0.2) is 0 Å². The van der Waals surface area contributed by atoms with Crippen molar-refractivity contribution in [2.45, 2.75) is 5.92 Å². The van der Waals surface area contributed by atoms with Gasteiger partial charge in [0.15, 0.2) is 5.78 Å². The maximum atomic E-state index is 12.2. The maximum absolute atomic E-state index is 12.2. The monoisotopic (exact) mass is 236 g/mol. The molecule has 2 aromatic carbocycles. The fraction of sp³-hybridized carbons (Fsp3) is 0.0625. The fourth-order valence-electron chi connectivity index (χ4n) is 2.55. The summed E-state index contributed by atoms with van der Waals surface area (Å²) in [4.78, 5) is 12.2. The molecule has 88 valence electrons. The summed E-state index contributed by atoms with van der Waals surface area (Å²) >= 11 is 0. The summed E-state index contributed by atoms with van der Waals surface area (Å²) in [5, 5.41) is 9.36. The predicted octanol–water partition coefficient (Wildman–Crippen LogP) is 3.46. The van der Waals surface area contributed by atoms with Crippen LogP contribution in [0.25, 0.3) is 0 Å². The van der Waals surface area contributed by atoms with Crippen LogP contribution in [0.5, 0.6) is 0 Å². The minimum absolute atomic E-state index is 0.0815. The van der Waals surface area contributed by atoms with Crippen molar-refractivity contribution in [3.05, 3.63) is 83.1 Å². The van der Waals surface area contributed by atoms with E-state index in [2.05, 4.69) is 0 Å².